The fraction of sp³-hybridized carbons (Fsp3) is 0.263. The molecule has 0 unspecified atom stereocenters. The molecule has 2 rings (SSSR count). The number of carboxylic acids is 1. The summed E-state index contributed by atoms with van der Waals surface area (Å²) >= 11 is 0. The lowest BCUT2D eigenvalue weighted by molar-refractivity contribution is 0.0500. The van der Waals surface area contributed by atoms with Crippen molar-refractivity contribution >= 4 is 11.8 Å². The predicted octanol–water partition coefficient (Wildman–Crippen LogP) is 3.86. The number of benzene rings is 2. The number of hydrogen-bond acceptors (Lipinski definition) is 4. The molecular weight excluding hydrogens is 327 g/mol. The molecule has 1 N–H and O–H groups in total. The van der Waals surface area contributed by atoms with Crippen LogP contribution in [-0.4, -0.2) is 30.8 Å². The zero-order valence-corrected chi connectivity index (χ0v) is 14.2. The van der Waals surface area contributed by atoms with E-state index in [1.165, 1.54) is 37.4 Å². The van der Waals surface area contributed by atoms with Crippen LogP contribution in [0.1, 0.15) is 51.6 Å². The summed E-state index contributed by atoms with van der Waals surface area (Å²) in [6, 6.07) is 8.43. The number of carboxylic acid groups (broad SMARTS) is 1. The van der Waals surface area contributed by atoms with Gasteiger partial charge in [0.05, 0.1) is 5.56 Å². The van der Waals surface area contributed by atoms with Crippen molar-refractivity contribution in [1.29, 1.82) is 0 Å². The van der Waals surface area contributed by atoms with Gasteiger partial charge in [0.2, 0.25) is 0 Å². The second-order valence-corrected chi connectivity index (χ2v) is 5.76. The minimum Gasteiger partial charge on any atom is -0.478 e. The van der Waals surface area contributed by atoms with Crippen molar-refractivity contribution in [2.75, 3.05) is 13.9 Å². The zero-order valence-electron chi connectivity index (χ0n) is 14.2. The molecule has 0 spiro atoms. The summed E-state index contributed by atoms with van der Waals surface area (Å²) < 4.78 is 25.1. The van der Waals surface area contributed by atoms with Crippen molar-refractivity contribution < 1.29 is 28.6 Å². The molecule has 0 aliphatic carbocycles. The molecule has 0 bridgehead atoms. The monoisotopic (exact) mass is 346 g/mol. The highest BCUT2D eigenvalue weighted by Gasteiger charge is 2.24. The van der Waals surface area contributed by atoms with Crippen LogP contribution in [0.25, 0.3) is 0 Å². The molecule has 0 saturated heterocycles. The molecule has 132 valence electrons. The van der Waals surface area contributed by atoms with Gasteiger partial charge >= 0.3 is 5.97 Å². The lowest BCUT2D eigenvalue weighted by Gasteiger charge is -2.15. The van der Waals surface area contributed by atoms with Crippen LogP contribution in [0.15, 0.2) is 36.4 Å². The number of rotatable bonds is 7. The first-order valence-corrected chi connectivity index (χ1v) is 7.69. The van der Waals surface area contributed by atoms with Crippen molar-refractivity contribution in [3.05, 3.63) is 64.5 Å². The van der Waals surface area contributed by atoms with Gasteiger partial charge in [-0.1, -0.05) is 32.0 Å². The van der Waals surface area contributed by atoms with E-state index in [2.05, 4.69) is 0 Å². The highest BCUT2D eigenvalue weighted by Crippen LogP contribution is 2.30. The number of methoxy groups -OCH3 is 1. The van der Waals surface area contributed by atoms with Crippen molar-refractivity contribution in [1.82, 2.24) is 0 Å². The molecule has 0 aliphatic heterocycles. The SMILES string of the molecule is COCOc1ccc(C(C)C)c(F)c1C(=O)c1ccc(C(=O)O)cc1. The van der Waals surface area contributed by atoms with Gasteiger partial charge in [0, 0.05) is 12.7 Å². The maximum atomic E-state index is 14.9. The average molecular weight is 346 g/mol. The Morgan fingerprint density at radius 2 is 1.68 bits per heavy atom. The molecule has 0 aliphatic rings. The number of carbonyl (C=O) groups is 2. The van der Waals surface area contributed by atoms with Crippen LogP contribution in [-0.2, 0) is 4.74 Å². The molecule has 0 saturated carbocycles. The Hall–Kier alpha value is -2.73. The molecular formula is C19H19FO5. The highest BCUT2D eigenvalue weighted by atomic mass is 19.1. The van der Waals surface area contributed by atoms with E-state index in [1.54, 1.807) is 6.07 Å². The van der Waals surface area contributed by atoms with Gasteiger partial charge in [-0.25, -0.2) is 9.18 Å². The minimum atomic E-state index is -1.10. The van der Waals surface area contributed by atoms with Gasteiger partial charge in [0.1, 0.15) is 17.1 Å². The minimum absolute atomic E-state index is 0.0452. The van der Waals surface area contributed by atoms with E-state index in [4.69, 9.17) is 14.6 Å². The Bertz CT molecular complexity index is 781. The summed E-state index contributed by atoms with van der Waals surface area (Å²) in [5, 5.41) is 8.94. The van der Waals surface area contributed by atoms with Gasteiger partial charge in [0.25, 0.3) is 0 Å². The van der Waals surface area contributed by atoms with Gasteiger partial charge in [-0.15, -0.1) is 0 Å². The van der Waals surface area contributed by atoms with E-state index in [0.29, 0.717) is 5.56 Å². The lowest BCUT2D eigenvalue weighted by atomic mass is 9.94. The number of ketones is 1. The Morgan fingerprint density at radius 1 is 1.08 bits per heavy atom. The first-order valence-electron chi connectivity index (χ1n) is 7.69. The summed E-state index contributed by atoms with van der Waals surface area (Å²) in [6.07, 6.45) is 0. The maximum Gasteiger partial charge on any atom is 0.335 e. The Morgan fingerprint density at radius 3 is 2.20 bits per heavy atom. The molecule has 0 amide bonds. The van der Waals surface area contributed by atoms with Gasteiger partial charge in [0.15, 0.2) is 12.6 Å². The molecule has 0 fully saturated rings. The molecule has 25 heavy (non-hydrogen) atoms. The van der Waals surface area contributed by atoms with Gasteiger partial charge < -0.3 is 14.6 Å². The molecule has 0 atom stereocenters. The van der Waals surface area contributed by atoms with Gasteiger partial charge in [-0.3, -0.25) is 4.79 Å². The Labute approximate surface area is 145 Å². The number of ether oxygens (including phenoxy) is 2. The summed E-state index contributed by atoms with van der Waals surface area (Å²) in [6.45, 7) is 3.52. The fourth-order valence-corrected chi connectivity index (χ4v) is 2.38. The second-order valence-electron chi connectivity index (χ2n) is 5.76. The van der Waals surface area contributed by atoms with Crippen LogP contribution in [0, 0.1) is 5.82 Å². The summed E-state index contributed by atoms with van der Waals surface area (Å²) in [5.41, 5.74) is 0.428. The topological polar surface area (TPSA) is 72.8 Å². The zero-order chi connectivity index (χ0) is 18.6. The standard InChI is InChI=1S/C19H19FO5/c1-11(2)14-8-9-15(25-10-24-3)16(17(14)20)18(21)12-4-6-13(7-5-12)19(22)23/h4-9,11H,10H2,1-3H3,(H,22,23). The van der Waals surface area contributed by atoms with E-state index >= 15 is 0 Å². The van der Waals surface area contributed by atoms with E-state index in [-0.39, 0.29) is 35.2 Å². The molecule has 0 aromatic heterocycles. The van der Waals surface area contributed by atoms with Crippen LogP contribution in [0.4, 0.5) is 4.39 Å². The molecule has 6 heteroatoms. The number of hydrogen-bond donors (Lipinski definition) is 1. The van der Waals surface area contributed by atoms with Crippen molar-refractivity contribution in [2.24, 2.45) is 0 Å². The van der Waals surface area contributed by atoms with Crippen molar-refractivity contribution in [3.8, 4) is 5.75 Å². The Balaban J connectivity index is 2.51. The van der Waals surface area contributed by atoms with Crippen LogP contribution >= 0.6 is 0 Å². The van der Waals surface area contributed by atoms with Gasteiger partial charge in [-0.2, -0.15) is 0 Å². The average Bonchev–Trinajstić information content (AvgIpc) is 2.59. The first kappa shape index (κ1) is 18.6. The number of halogens is 1. The fourth-order valence-electron chi connectivity index (χ4n) is 2.38. The molecule has 5 nitrogen and oxygen atoms in total. The van der Waals surface area contributed by atoms with E-state index in [0.717, 1.165) is 0 Å². The second kappa shape index (κ2) is 7.90. The summed E-state index contributed by atoms with van der Waals surface area (Å²) in [4.78, 5) is 23.7. The van der Waals surface area contributed by atoms with Crippen LogP contribution in [0.3, 0.4) is 0 Å². The lowest BCUT2D eigenvalue weighted by Crippen LogP contribution is -2.12. The van der Waals surface area contributed by atoms with E-state index < -0.39 is 17.6 Å². The third kappa shape index (κ3) is 4.03. The predicted molar refractivity (Wildman–Crippen MR) is 89.8 cm³/mol. The van der Waals surface area contributed by atoms with E-state index in [1.807, 2.05) is 13.8 Å². The normalized spacial score (nSPS) is 10.8. The quantitative estimate of drug-likeness (QED) is 0.609. The van der Waals surface area contributed by atoms with E-state index in [9.17, 15) is 14.0 Å². The third-order valence-electron chi connectivity index (χ3n) is 3.71. The summed E-state index contributed by atoms with van der Waals surface area (Å²) in [5.74, 6) is -2.36. The molecule has 2 aromatic carbocycles. The highest BCUT2D eigenvalue weighted by molar-refractivity contribution is 6.11. The summed E-state index contributed by atoms with van der Waals surface area (Å²) in [7, 11) is 1.42. The maximum absolute atomic E-state index is 14.9. The van der Waals surface area contributed by atoms with Crippen molar-refractivity contribution in [3.63, 3.8) is 0 Å². The van der Waals surface area contributed by atoms with Crippen LogP contribution < -0.4 is 4.74 Å². The number of carbonyl (C=O) groups excluding carboxylic acids is 1. The third-order valence-corrected chi connectivity index (χ3v) is 3.71. The van der Waals surface area contributed by atoms with Crippen LogP contribution in [0.5, 0.6) is 5.75 Å². The first-order chi connectivity index (χ1) is 11.9. The van der Waals surface area contributed by atoms with Gasteiger partial charge in [-0.05, 0) is 29.7 Å². The van der Waals surface area contributed by atoms with Crippen molar-refractivity contribution in [2.45, 2.75) is 19.8 Å². The van der Waals surface area contributed by atoms with Crippen LogP contribution in [0.2, 0.25) is 0 Å². The smallest absolute Gasteiger partial charge is 0.335 e. The molecule has 0 heterocycles. The number of aromatic carboxylic acids is 1. The largest absolute Gasteiger partial charge is 0.478 e. The molecule has 2 aromatic rings. The Kier molecular flexibility index (Phi) is 5.88. The molecule has 0 radical (unpaired) electrons.